The van der Waals surface area contributed by atoms with Crippen LogP contribution in [0, 0.1) is 10.1 Å². The molecule has 0 atom stereocenters. The summed E-state index contributed by atoms with van der Waals surface area (Å²) in [6, 6.07) is 5.55. The maximum absolute atomic E-state index is 10.1. The Morgan fingerprint density at radius 1 is 1.36 bits per heavy atom. The van der Waals surface area contributed by atoms with Crippen LogP contribution in [0.4, 0.5) is 5.69 Å². The summed E-state index contributed by atoms with van der Waals surface area (Å²) in [7, 11) is 0. The van der Waals surface area contributed by atoms with Crippen molar-refractivity contribution in [1.29, 1.82) is 0 Å². The molecule has 0 saturated heterocycles. The van der Waals surface area contributed by atoms with E-state index in [1.165, 1.54) is 24.3 Å². The average Bonchev–Trinajstić information content (AvgIpc) is 1.88. The predicted molar refractivity (Wildman–Crippen MR) is 41.5 cm³/mol. The lowest BCUT2D eigenvalue weighted by atomic mass is 10.3. The summed E-state index contributed by atoms with van der Waals surface area (Å²) in [6.45, 7) is 0. The average molecular weight is 155 g/mol. The lowest BCUT2D eigenvalue weighted by molar-refractivity contribution is -0.385. The highest BCUT2D eigenvalue weighted by Crippen LogP contribution is 2.23. The fourth-order valence-corrected chi connectivity index (χ4v) is 0.619. The third-order valence-corrected chi connectivity index (χ3v) is 1.08. The van der Waals surface area contributed by atoms with E-state index in [9.17, 15) is 10.1 Å². The highest BCUT2D eigenvalue weighted by Gasteiger charge is 2.09. The van der Waals surface area contributed by atoms with Crippen molar-refractivity contribution in [2.24, 2.45) is 0 Å². The molecule has 0 saturated carbocycles. The summed E-state index contributed by atoms with van der Waals surface area (Å²) in [5.41, 5.74) is -0.262. The van der Waals surface area contributed by atoms with Gasteiger partial charge < -0.3 is 5.11 Å². The molecule has 0 fully saturated rings. The van der Waals surface area contributed by atoms with E-state index in [0.29, 0.717) is 0 Å². The molecule has 1 aromatic carbocycles. The molecule has 4 heteroatoms. The first kappa shape index (κ1) is 9.42. The fourth-order valence-electron chi connectivity index (χ4n) is 0.619. The number of nitro benzene ring substituents is 1. The molecule has 0 amide bonds. The van der Waals surface area contributed by atoms with Crippen LogP contribution >= 0.6 is 0 Å². The van der Waals surface area contributed by atoms with E-state index < -0.39 is 4.92 Å². The van der Waals surface area contributed by atoms with Crippen LogP contribution in [0.3, 0.4) is 0 Å². The Morgan fingerprint density at radius 3 is 2.27 bits per heavy atom. The van der Waals surface area contributed by atoms with Crippen LogP contribution in [0.2, 0.25) is 0 Å². The minimum absolute atomic E-state index is 0. The summed E-state index contributed by atoms with van der Waals surface area (Å²) in [6.07, 6.45) is 0. The van der Waals surface area contributed by atoms with Gasteiger partial charge in [0.15, 0.2) is 5.75 Å². The molecule has 0 bridgehead atoms. The highest BCUT2D eigenvalue weighted by molar-refractivity contribution is 5.44. The second-order valence-electron chi connectivity index (χ2n) is 1.75. The van der Waals surface area contributed by atoms with Crippen LogP contribution in [0.15, 0.2) is 24.3 Å². The Hall–Kier alpha value is -1.58. The van der Waals surface area contributed by atoms with Gasteiger partial charge in [-0.3, -0.25) is 10.1 Å². The van der Waals surface area contributed by atoms with Gasteiger partial charge in [0, 0.05) is 6.07 Å². The summed E-state index contributed by atoms with van der Waals surface area (Å²) < 4.78 is 0. The van der Waals surface area contributed by atoms with Gasteiger partial charge in [-0.05, 0) is 6.07 Å². The van der Waals surface area contributed by atoms with E-state index in [0.717, 1.165) is 0 Å². The molecule has 0 unspecified atom stereocenters. The molecule has 0 aliphatic carbocycles. The van der Waals surface area contributed by atoms with Gasteiger partial charge in [-0.25, -0.2) is 0 Å². The molecule has 1 rings (SSSR count). The number of phenolic OH excluding ortho intramolecular Hbond substituents is 1. The summed E-state index contributed by atoms with van der Waals surface area (Å²) in [5.74, 6) is -0.299. The van der Waals surface area contributed by atoms with Crippen LogP contribution < -0.4 is 0 Å². The molecule has 60 valence electrons. The zero-order valence-corrected chi connectivity index (χ0v) is 5.02. The van der Waals surface area contributed by atoms with Gasteiger partial charge in [0.2, 0.25) is 0 Å². The van der Waals surface area contributed by atoms with Gasteiger partial charge >= 0.3 is 5.69 Å². The number of hydrogen-bond donors (Lipinski definition) is 1. The highest BCUT2D eigenvalue weighted by atomic mass is 16.6. The number of phenols is 1. The molecule has 1 aromatic rings. The molecule has 0 heterocycles. The molecular formula is C7H9NO3. The van der Waals surface area contributed by atoms with Crippen LogP contribution in [-0.4, -0.2) is 10.0 Å². The first-order valence-electron chi connectivity index (χ1n) is 2.64. The molecule has 0 radical (unpaired) electrons. The van der Waals surface area contributed by atoms with Crippen LogP contribution in [-0.2, 0) is 0 Å². The molecule has 4 nitrogen and oxygen atoms in total. The number of hydrogen-bond acceptors (Lipinski definition) is 3. The first-order chi connectivity index (χ1) is 4.72. The van der Waals surface area contributed by atoms with E-state index >= 15 is 0 Å². The largest absolute Gasteiger partial charge is 0.502 e. The van der Waals surface area contributed by atoms with Crippen LogP contribution in [0.25, 0.3) is 0 Å². The minimum Gasteiger partial charge on any atom is -0.502 e. The summed E-state index contributed by atoms with van der Waals surface area (Å²) in [5, 5.41) is 18.9. The quantitative estimate of drug-likeness (QED) is 0.497. The topological polar surface area (TPSA) is 63.4 Å². The molecule has 0 aliphatic rings. The summed E-state index contributed by atoms with van der Waals surface area (Å²) in [4.78, 5) is 9.44. The van der Waals surface area contributed by atoms with Crippen LogP contribution in [0.1, 0.15) is 7.43 Å². The van der Waals surface area contributed by atoms with Crippen molar-refractivity contribution >= 4 is 5.69 Å². The number of rotatable bonds is 1. The number of aromatic hydroxyl groups is 1. The third-order valence-electron chi connectivity index (χ3n) is 1.08. The zero-order chi connectivity index (χ0) is 7.56. The van der Waals surface area contributed by atoms with Crippen molar-refractivity contribution in [3.63, 3.8) is 0 Å². The van der Waals surface area contributed by atoms with Crippen molar-refractivity contribution in [3.8, 4) is 5.75 Å². The SMILES string of the molecule is C.O=[N+]([O-])c1ccccc1O. The van der Waals surface area contributed by atoms with E-state index in [1.807, 2.05) is 0 Å². The van der Waals surface area contributed by atoms with Crippen LogP contribution in [0.5, 0.6) is 5.75 Å². The van der Waals surface area contributed by atoms with Crippen molar-refractivity contribution < 1.29 is 10.0 Å². The molecular weight excluding hydrogens is 146 g/mol. The van der Waals surface area contributed by atoms with Gasteiger partial charge in [0.1, 0.15) is 0 Å². The van der Waals surface area contributed by atoms with Gasteiger partial charge in [0.05, 0.1) is 4.92 Å². The van der Waals surface area contributed by atoms with Crippen molar-refractivity contribution in [3.05, 3.63) is 34.4 Å². The second kappa shape index (κ2) is 3.55. The van der Waals surface area contributed by atoms with Crippen molar-refractivity contribution in [1.82, 2.24) is 0 Å². The van der Waals surface area contributed by atoms with Gasteiger partial charge in [0.25, 0.3) is 0 Å². The van der Waals surface area contributed by atoms with Gasteiger partial charge in [-0.15, -0.1) is 0 Å². The molecule has 11 heavy (non-hydrogen) atoms. The molecule has 1 N–H and O–H groups in total. The molecule has 0 aromatic heterocycles. The number of nitro groups is 1. The lowest BCUT2D eigenvalue weighted by Gasteiger charge is -1.91. The lowest BCUT2D eigenvalue weighted by Crippen LogP contribution is -1.86. The third kappa shape index (κ3) is 1.93. The normalized spacial score (nSPS) is 8.36. The number of benzene rings is 1. The summed E-state index contributed by atoms with van der Waals surface area (Å²) >= 11 is 0. The van der Waals surface area contributed by atoms with Crippen molar-refractivity contribution in [2.75, 3.05) is 0 Å². The first-order valence-corrected chi connectivity index (χ1v) is 2.64. The monoisotopic (exact) mass is 155 g/mol. The number of para-hydroxylation sites is 2. The molecule has 0 spiro atoms. The maximum atomic E-state index is 10.1. The number of nitrogens with zero attached hydrogens (tertiary/aromatic N) is 1. The Balaban J connectivity index is 0.000001000. The Kier molecular flexibility index (Phi) is 3.04. The van der Waals surface area contributed by atoms with Crippen molar-refractivity contribution in [2.45, 2.75) is 7.43 Å². The minimum atomic E-state index is -0.630. The standard InChI is InChI=1S/C6H5NO3.CH4/c8-6-4-2-1-3-5(6)7(9)10;/h1-4,8H;1H4. The Labute approximate surface area is 64.2 Å². The van der Waals surface area contributed by atoms with E-state index in [1.54, 1.807) is 0 Å². The van der Waals surface area contributed by atoms with E-state index in [-0.39, 0.29) is 18.9 Å². The van der Waals surface area contributed by atoms with Gasteiger partial charge in [-0.2, -0.15) is 0 Å². The smallest absolute Gasteiger partial charge is 0.310 e. The second-order valence-corrected chi connectivity index (χ2v) is 1.75. The van der Waals surface area contributed by atoms with Gasteiger partial charge in [-0.1, -0.05) is 19.6 Å². The predicted octanol–water partition coefficient (Wildman–Crippen LogP) is 1.94. The fraction of sp³-hybridized carbons (Fsp3) is 0.143. The van der Waals surface area contributed by atoms with E-state index in [4.69, 9.17) is 5.11 Å². The van der Waals surface area contributed by atoms with E-state index in [2.05, 4.69) is 0 Å². The Bertz CT molecular complexity index is 260. The maximum Gasteiger partial charge on any atom is 0.310 e. The zero-order valence-electron chi connectivity index (χ0n) is 5.02. The Morgan fingerprint density at radius 2 is 1.91 bits per heavy atom. The molecule has 0 aliphatic heterocycles.